The number of piperazine rings is 1. The SMILES string of the molecule is Cc1noc(C)c1S(=O)(=O)N1CCN(Cc2ccccc2C#N)CC1. The van der Waals surface area contributed by atoms with Crippen LogP contribution in [0, 0.1) is 25.2 Å². The summed E-state index contributed by atoms with van der Waals surface area (Å²) < 4.78 is 32.1. The quantitative estimate of drug-likeness (QED) is 0.824. The lowest BCUT2D eigenvalue weighted by molar-refractivity contribution is 0.181. The first-order valence-corrected chi connectivity index (χ1v) is 9.51. The molecule has 1 fully saturated rings. The van der Waals surface area contributed by atoms with Gasteiger partial charge in [0.05, 0.1) is 11.6 Å². The first-order chi connectivity index (χ1) is 11.9. The average molecular weight is 360 g/mol. The van der Waals surface area contributed by atoms with Crippen LogP contribution in [0.3, 0.4) is 0 Å². The lowest BCUT2D eigenvalue weighted by atomic mass is 10.1. The molecule has 0 N–H and O–H groups in total. The molecule has 1 aromatic heterocycles. The summed E-state index contributed by atoms with van der Waals surface area (Å²) in [6, 6.07) is 9.69. The molecule has 0 atom stereocenters. The number of aryl methyl sites for hydroxylation is 2. The van der Waals surface area contributed by atoms with Gasteiger partial charge in [-0.3, -0.25) is 4.90 Å². The van der Waals surface area contributed by atoms with Crippen LogP contribution in [0.2, 0.25) is 0 Å². The van der Waals surface area contributed by atoms with E-state index in [2.05, 4.69) is 16.1 Å². The number of sulfonamides is 1. The number of nitriles is 1. The fourth-order valence-electron chi connectivity index (χ4n) is 3.11. The van der Waals surface area contributed by atoms with Gasteiger partial charge < -0.3 is 4.52 Å². The van der Waals surface area contributed by atoms with Crippen LogP contribution in [0.15, 0.2) is 33.7 Å². The second-order valence-corrected chi connectivity index (χ2v) is 7.98. The Balaban J connectivity index is 1.69. The monoisotopic (exact) mass is 360 g/mol. The summed E-state index contributed by atoms with van der Waals surface area (Å²) >= 11 is 0. The molecule has 8 heteroatoms. The summed E-state index contributed by atoms with van der Waals surface area (Å²) in [4.78, 5) is 2.34. The minimum Gasteiger partial charge on any atom is -0.360 e. The normalized spacial score (nSPS) is 16.7. The van der Waals surface area contributed by atoms with Crippen LogP contribution in [0.4, 0.5) is 0 Å². The van der Waals surface area contributed by atoms with Gasteiger partial charge in [-0.1, -0.05) is 23.4 Å². The van der Waals surface area contributed by atoms with E-state index in [-0.39, 0.29) is 4.90 Å². The highest BCUT2D eigenvalue weighted by molar-refractivity contribution is 7.89. The second kappa shape index (κ2) is 6.96. The van der Waals surface area contributed by atoms with Gasteiger partial charge in [-0.25, -0.2) is 8.42 Å². The van der Waals surface area contributed by atoms with E-state index in [0.29, 0.717) is 49.7 Å². The van der Waals surface area contributed by atoms with Crippen LogP contribution in [-0.4, -0.2) is 49.0 Å². The molecular weight excluding hydrogens is 340 g/mol. The van der Waals surface area contributed by atoms with Crippen molar-refractivity contribution in [2.24, 2.45) is 0 Å². The highest BCUT2D eigenvalue weighted by atomic mass is 32.2. The predicted molar refractivity (Wildman–Crippen MR) is 91.2 cm³/mol. The van der Waals surface area contributed by atoms with Crippen LogP contribution in [0.5, 0.6) is 0 Å². The summed E-state index contributed by atoms with van der Waals surface area (Å²) in [6.45, 7) is 5.93. The number of benzene rings is 1. The van der Waals surface area contributed by atoms with Crippen molar-refractivity contribution in [3.8, 4) is 6.07 Å². The fourth-order valence-corrected chi connectivity index (χ4v) is 4.82. The first-order valence-electron chi connectivity index (χ1n) is 8.07. The fraction of sp³-hybridized carbons (Fsp3) is 0.412. The topological polar surface area (TPSA) is 90.4 Å². The summed E-state index contributed by atoms with van der Waals surface area (Å²) in [5, 5.41) is 12.9. The van der Waals surface area contributed by atoms with Crippen LogP contribution in [0.25, 0.3) is 0 Å². The van der Waals surface area contributed by atoms with Crippen molar-refractivity contribution in [3.05, 3.63) is 46.8 Å². The van der Waals surface area contributed by atoms with Gasteiger partial charge in [0.1, 0.15) is 10.6 Å². The van der Waals surface area contributed by atoms with Gasteiger partial charge in [0.15, 0.2) is 5.76 Å². The van der Waals surface area contributed by atoms with Crippen LogP contribution >= 0.6 is 0 Å². The predicted octanol–water partition coefficient (Wildman–Crippen LogP) is 1.67. The van der Waals surface area contributed by atoms with Crippen molar-refractivity contribution in [1.29, 1.82) is 5.26 Å². The van der Waals surface area contributed by atoms with E-state index in [1.54, 1.807) is 19.9 Å². The van der Waals surface area contributed by atoms with Crippen molar-refractivity contribution in [1.82, 2.24) is 14.4 Å². The van der Waals surface area contributed by atoms with Gasteiger partial charge in [0.25, 0.3) is 0 Å². The maximum absolute atomic E-state index is 12.8. The third-order valence-electron chi connectivity index (χ3n) is 4.43. The highest BCUT2D eigenvalue weighted by Gasteiger charge is 2.33. The molecule has 0 radical (unpaired) electrons. The molecular formula is C17H20N4O3S. The Bertz CT molecular complexity index is 887. The largest absolute Gasteiger partial charge is 0.360 e. The molecule has 0 spiro atoms. The maximum atomic E-state index is 12.8. The molecule has 7 nitrogen and oxygen atoms in total. The zero-order chi connectivity index (χ0) is 18.0. The molecule has 132 valence electrons. The molecule has 0 unspecified atom stereocenters. The summed E-state index contributed by atoms with van der Waals surface area (Å²) in [7, 11) is -3.59. The van der Waals surface area contributed by atoms with E-state index in [1.807, 2.05) is 18.2 Å². The van der Waals surface area contributed by atoms with Crippen molar-refractivity contribution >= 4 is 10.0 Å². The van der Waals surface area contributed by atoms with Gasteiger partial charge in [0, 0.05) is 32.7 Å². The van der Waals surface area contributed by atoms with Crippen LogP contribution < -0.4 is 0 Å². The number of hydrogen-bond donors (Lipinski definition) is 0. The molecule has 1 saturated heterocycles. The number of aromatic nitrogens is 1. The van der Waals surface area contributed by atoms with Gasteiger partial charge >= 0.3 is 0 Å². The molecule has 2 aromatic rings. The number of rotatable bonds is 4. The Labute approximate surface area is 147 Å². The number of hydrogen-bond acceptors (Lipinski definition) is 6. The van der Waals surface area contributed by atoms with Gasteiger partial charge in [-0.05, 0) is 25.5 Å². The smallest absolute Gasteiger partial charge is 0.248 e. The van der Waals surface area contributed by atoms with Crippen molar-refractivity contribution in [2.75, 3.05) is 26.2 Å². The molecule has 0 amide bonds. The third kappa shape index (κ3) is 3.44. The molecule has 0 saturated carbocycles. The minimum absolute atomic E-state index is 0.177. The molecule has 2 heterocycles. The molecule has 0 aliphatic carbocycles. The standard InChI is InChI=1S/C17H20N4O3S/c1-13-17(14(2)24-19-13)25(22,23)21-9-7-20(8-10-21)12-16-6-4-3-5-15(16)11-18/h3-6H,7-10,12H2,1-2H3. The van der Waals surface area contributed by atoms with E-state index in [1.165, 1.54) is 4.31 Å². The Hall–Kier alpha value is -2.21. The Morgan fingerprint density at radius 1 is 1.20 bits per heavy atom. The van der Waals surface area contributed by atoms with Gasteiger partial charge in [-0.15, -0.1) is 0 Å². The van der Waals surface area contributed by atoms with E-state index in [9.17, 15) is 13.7 Å². The minimum atomic E-state index is -3.59. The summed E-state index contributed by atoms with van der Waals surface area (Å²) in [6.07, 6.45) is 0. The lowest BCUT2D eigenvalue weighted by Gasteiger charge is -2.34. The third-order valence-corrected chi connectivity index (χ3v) is 6.57. The molecule has 1 aliphatic heterocycles. The second-order valence-electron chi connectivity index (χ2n) is 6.10. The number of nitrogens with zero attached hydrogens (tertiary/aromatic N) is 4. The zero-order valence-corrected chi connectivity index (χ0v) is 15.1. The van der Waals surface area contributed by atoms with Crippen molar-refractivity contribution < 1.29 is 12.9 Å². The molecule has 0 bridgehead atoms. The van der Waals surface area contributed by atoms with Gasteiger partial charge in [0.2, 0.25) is 10.0 Å². The Morgan fingerprint density at radius 3 is 2.48 bits per heavy atom. The zero-order valence-electron chi connectivity index (χ0n) is 14.3. The summed E-state index contributed by atoms with van der Waals surface area (Å²) in [5.74, 6) is 0.322. The van der Waals surface area contributed by atoms with Crippen molar-refractivity contribution in [2.45, 2.75) is 25.3 Å². The Kier molecular flexibility index (Phi) is 4.90. The van der Waals surface area contributed by atoms with Gasteiger partial charge in [-0.2, -0.15) is 9.57 Å². The maximum Gasteiger partial charge on any atom is 0.248 e. The Morgan fingerprint density at radius 2 is 1.88 bits per heavy atom. The first kappa shape index (κ1) is 17.6. The molecule has 25 heavy (non-hydrogen) atoms. The van der Waals surface area contributed by atoms with E-state index in [4.69, 9.17) is 4.52 Å². The molecule has 1 aliphatic rings. The summed E-state index contributed by atoms with van der Waals surface area (Å²) in [5.41, 5.74) is 2.02. The van der Waals surface area contributed by atoms with E-state index in [0.717, 1.165) is 5.56 Å². The highest BCUT2D eigenvalue weighted by Crippen LogP contribution is 2.24. The van der Waals surface area contributed by atoms with Crippen LogP contribution in [-0.2, 0) is 16.6 Å². The van der Waals surface area contributed by atoms with E-state index < -0.39 is 10.0 Å². The molecule has 3 rings (SSSR count). The lowest BCUT2D eigenvalue weighted by Crippen LogP contribution is -2.48. The van der Waals surface area contributed by atoms with Crippen molar-refractivity contribution in [3.63, 3.8) is 0 Å². The van der Waals surface area contributed by atoms with Crippen LogP contribution in [0.1, 0.15) is 22.6 Å². The van der Waals surface area contributed by atoms with E-state index >= 15 is 0 Å². The average Bonchev–Trinajstić information content (AvgIpc) is 2.95. The molecule has 1 aromatic carbocycles.